The van der Waals surface area contributed by atoms with E-state index in [4.69, 9.17) is 23.2 Å². The van der Waals surface area contributed by atoms with Gasteiger partial charge in [0.2, 0.25) is 0 Å². The van der Waals surface area contributed by atoms with E-state index in [1.807, 2.05) is 6.92 Å². The van der Waals surface area contributed by atoms with Crippen LogP contribution in [-0.4, -0.2) is 5.11 Å². The van der Waals surface area contributed by atoms with Gasteiger partial charge in [0.25, 0.3) is 0 Å². The normalized spacial score (nSPS) is 12.2. The van der Waals surface area contributed by atoms with Gasteiger partial charge in [-0.3, -0.25) is 0 Å². The molecule has 2 N–H and O–H groups in total. The number of anilines is 1. The summed E-state index contributed by atoms with van der Waals surface area (Å²) in [6.07, 6.45) is 0. The number of aromatic hydroxyl groups is 1. The average Bonchev–Trinajstić information content (AvgIpc) is 2.37. The molecule has 0 fully saturated rings. The number of phenols is 1. The number of benzene rings is 2. The predicted octanol–water partition coefficient (Wildman–Crippen LogP) is 5.01. The Morgan fingerprint density at radius 2 is 1.84 bits per heavy atom. The minimum absolute atomic E-state index is 0.0321. The third-order valence-corrected chi connectivity index (χ3v) is 3.37. The first-order chi connectivity index (χ1) is 8.97. The van der Waals surface area contributed by atoms with Gasteiger partial charge in [-0.2, -0.15) is 0 Å². The van der Waals surface area contributed by atoms with Crippen LogP contribution in [0.15, 0.2) is 36.4 Å². The Balaban J connectivity index is 2.17. The molecule has 5 heteroatoms. The molecule has 0 aromatic heterocycles. The van der Waals surface area contributed by atoms with Crippen molar-refractivity contribution in [2.75, 3.05) is 5.32 Å². The number of halogens is 3. The molecule has 0 spiro atoms. The van der Waals surface area contributed by atoms with E-state index in [9.17, 15) is 9.50 Å². The first-order valence-electron chi connectivity index (χ1n) is 5.67. The second-order valence-electron chi connectivity index (χ2n) is 4.21. The molecule has 0 aliphatic rings. The standard InChI is InChI=1S/C14H12Cl2FNO/c1-8(9-2-4-13(17)11(15)6-9)18-10-3-5-14(19)12(16)7-10/h2-8,18-19H,1H3. The Morgan fingerprint density at radius 3 is 2.47 bits per heavy atom. The maximum Gasteiger partial charge on any atom is 0.141 e. The van der Waals surface area contributed by atoms with Gasteiger partial charge in [0.05, 0.1) is 10.0 Å². The highest BCUT2D eigenvalue weighted by molar-refractivity contribution is 6.32. The summed E-state index contributed by atoms with van der Waals surface area (Å²) in [5.41, 5.74) is 1.62. The summed E-state index contributed by atoms with van der Waals surface area (Å²) in [5.74, 6) is -0.407. The third kappa shape index (κ3) is 3.31. The van der Waals surface area contributed by atoms with Gasteiger partial charge in [-0.15, -0.1) is 0 Å². The van der Waals surface area contributed by atoms with Crippen molar-refractivity contribution in [3.05, 3.63) is 57.8 Å². The van der Waals surface area contributed by atoms with Crippen molar-refractivity contribution >= 4 is 28.9 Å². The number of nitrogens with one attached hydrogen (secondary N) is 1. The summed E-state index contributed by atoms with van der Waals surface area (Å²) in [6.45, 7) is 1.92. The number of rotatable bonds is 3. The van der Waals surface area contributed by atoms with Crippen LogP contribution in [0.4, 0.5) is 10.1 Å². The SMILES string of the molecule is CC(Nc1ccc(O)c(Cl)c1)c1ccc(F)c(Cl)c1. The van der Waals surface area contributed by atoms with E-state index in [2.05, 4.69) is 5.32 Å². The van der Waals surface area contributed by atoms with Crippen molar-refractivity contribution in [1.29, 1.82) is 0 Å². The molecule has 0 radical (unpaired) electrons. The second kappa shape index (κ2) is 5.68. The number of phenolic OH excluding ortho intramolecular Hbond substituents is 1. The fraction of sp³-hybridized carbons (Fsp3) is 0.143. The smallest absolute Gasteiger partial charge is 0.141 e. The molecule has 0 aliphatic carbocycles. The van der Waals surface area contributed by atoms with E-state index < -0.39 is 5.82 Å². The van der Waals surface area contributed by atoms with Crippen LogP contribution in [0.5, 0.6) is 5.75 Å². The lowest BCUT2D eigenvalue weighted by Gasteiger charge is -2.16. The van der Waals surface area contributed by atoms with E-state index in [0.29, 0.717) is 0 Å². The summed E-state index contributed by atoms with van der Waals surface area (Å²) in [7, 11) is 0. The highest BCUT2D eigenvalue weighted by Crippen LogP contribution is 2.29. The monoisotopic (exact) mass is 299 g/mol. The lowest BCUT2D eigenvalue weighted by molar-refractivity contribution is 0.475. The Morgan fingerprint density at radius 1 is 1.11 bits per heavy atom. The molecule has 2 aromatic carbocycles. The minimum atomic E-state index is -0.440. The van der Waals surface area contributed by atoms with Gasteiger partial charge in [-0.25, -0.2) is 4.39 Å². The molecule has 0 saturated carbocycles. The van der Waals surface area contributed by atoms with Crippen molar-refractivity contribution < 1.29 is 9.50 Å². The van der Waals surface area contributed by atoms with Crippen LogP contribution in [0, 0.1) is 5.82 Å². The molecule has 0 bridgehead atoms. The third-order valence-electron chi connectivity index (χ3n) is 2.77. The van der Waals surface area contributed by atoms with Gasteiger partial charge in [0.15, 0.2) is 0 Å². The topological polar surface area (TPSA) is 32.3 Å². The lowest BCUT2D eigenvalue weighted by Crippen LogP contribution is -2.06. The van der Waals surface area contributed by atoms with E-state index >= 15 is 0 Å². The summed E-state index contributed by atoms with van der Waals surface area (Å²) in [6, 6.07) is 9.35. The number of hydrogen-bond acceptors (Lipinski definition) is 2. The first-order valence-corrected chi connectivity index (χ1v) is 6.43. The predicted molar refractivity (Wildman–Crippen MR) is 76.6 cm³/mol. The summed E-state index contributed by atoms with van der Waals surface area (Å²) in [4.78, 5) is 0. The zero-order valence-corrected chi connectivity index (χ0v) is 11.6. The van der Waals surface area contributed by atoms with Crippen molar-refractivity contribution in [2.24, 2.45) is 0 Å². The molecule has 2 aromatic rings. The quantitative estimate of drug-likeness (QED) is 0.781. The molecule has 0 heterocycles. The van der Waals surface area contributed by atoms with Gasteiger partial charge in [-0.05, 0) is 42.8 Å². The maximum absolute atomic E-state index is 13.1. The van der Waals surface area contributed by atoms with Crippen LogP contribution in [-0.2, 0) is 0 Å². The van der Waals surface area contributed by atoms with Gasteiger partial charge in [-0.1, -0.05) is 29.3 Å². The Labute approximate surface area is 120 Å². The van der Waals surface area contributed by atoms with Crippen molar-refractivity contribution in [2.45, 2.75) is 13.0 Å². The van der Waals surface area contributed by atoms with Crippen LogP contribution in [0.3, 0.4) is 0 Å². The molecule has 2 nitrogen and oxygen atoms in total. The van der Waals surface area contributed by atoms with Crippen molar-refractivity contribution in [3.63, 3.8) is 0 Å². The highest BCUT2D eigenvalue weighted by Gasteiger charge is 2.09. The van der Waals surface area contributed by atoms with Gasteiger partial charge in [0, 0.05) is 11.7 Å². The van der Waals surface area contributed by atoms with Crippen LogP contribution >= 0.6 is 23.2 Å². The van der Waals surface area contributed by atoms with Crippen molar-refractivity contribution in [1.82, 2.24) is 0 Å². The van der Waals surface area contributed by atoms with E-state index in [0.717, 1.165) is 11.3 Å². The molecule has 100 valence electrons. The first kappa shape index (κ1) is 14.0. The summed E-state index contributed by atoms with van der Waals surface area (Å²) in [5, 5.41) is 12.9. The van der Waals surface area contributed by atoms with Crippen LogP contribution in [0.2, 0.25) is 10.0 Å². The van der Waals surface area contributed by atoms with Crippen molar-refractivity contribution in [3.8, 4) is 5.75 Å². The zero-order valence-electron chi connectivity index (χ0n) is 10.1. The summed E-state index contributed by atoms with van der Waals surface area (Å²) < 4.78 is 13.1. The largest absolute Gasteiger partial charge is 0.506 e. The zero-order chi connectivity index (χ0) is 14.0. The Bertz CT molecular complexity index is 604. The Hall–Kier alpha value is -1.45. The van der Waals surface area contributed by atoms with Gasteiger partial charge < -0.3 is 10.4 Å². The molecule has 1 atom stereocenters. The van der Waals surface area contributed by atoms with E-state index in [-0.39, 0.29) is 21.8 Å². The molecule has 0 aliphatic heterocycles. The molecule has 19 heavy (non-hydrogen) atoms. The van der Waals surface area contributed by atoms with Gasteiger partial charge in [0.1, 0.15) is 11.6 Å². The Kier molecular flexibility index (Phi) is 4.17. The van der Waals surface area contributed by atoms with E-state index in [1.54, 1.807) is 24.3 Å². The number of hydrogen-bond donors (Lipinski definition) is 2. The van der Waals surface area contributed by atoms with Crippen LogP contribution in [0.25, 0.3) is 0 Å². The van der Waals surface area contributed by atoms with Crippen LogP contribution < -0.4 is 5.32 Å². The molecule has 0 saturated heterocycles. The lowest BCUT2D eigenvalue weighted by atomic mass is 10.1. The molecule has 2 rings (SSSR count). The van der Waals surface area contributed by atoms with Crippen LogP contribution in [0.1, 0.15) is 18.5 Å². The van der Waals surface area contributed by atoms with Gasteiger partial charge >= 0.3 is 0 Å². The van der Waals surface area contributed by atoms with E-state index in [1.165, 1.54) is 12.1 Å². The second-order valence-corrected chi connectivity index (χ2v) is 5.02. The molecule has 1 unspecified atom stereocenters. The highest BCUT2D eigenvalue weighted by atomic mass is 35.5. The average molecular weight is 300 g/mol. The fourth-order valence-corrected chi connectivity index (χ4v) is 2.08. The molecule has 0 amide bonds. The maximum atomic E-state index is 13.1. The fourth-order valence-electron chi connectivity index (χ4n) is 1.71. The molecular weight excluding hydrogens is 288 g/mol. The minimum Gasteiger partial charge on any atom is -0.506 e. The summed E-state index contributed by atoms with van der Waals surface area (Å²) >= 11 is 11.6. The molecular formula is C14H12Cl2FNO.